The SMILES string of the molecule is Nc1nccnc1C(=O)NO[C@H]1CCCCO1. The fraction of sp³-hybridized carbons (Fsp3) is 0.500. The van der Waals surface area contributed by atoms with E-state index >= 15 is 0 Å². The van der Waals surface area contributed by atoms with Crippen molar-refractivity contribution in [2.24, 2.45) is 0 Å². The molecule has 7 heteroatoms. The van der Waals surface area contributed by atoms with Crippen molar-refractivity contribution in [3.63, 3.8) is 0 Å². The molecular formula is C10H14N4O3. The van der Waals surface area contributed by atoms with Gasteiger partial charge in [-0.3, -0.25) is 4.79 Å². The summed E-state index contributed by atoms with van der Waals surface area (Å²) in [5.41, 5.74) is 7.82. The maximum Gasteiger partial charge on any atom is 0.297 e. The third kappa shape index (κ3) is 3.11. The topological polar surface area (TPSA) is 99.4 Å². The van der Waals surface area contributed by atoms with Gasteiger partial charge in [-0.05, 0) is 12.8 Å². The molecule has 1 fully saturated rings. The highest BCUT2D eigenvalue weighted by molar-refractivity contribution is 5.95. The van der Waals surface area contributed by atoms with Crippen molar-refractivity contribution in [3.05, 3.63) is 18.1 Å². The lowest BCUT2D eigenvalue weighted by atomic mass is 10.2. The lowest BCUT2D eigenvalue weighted by molar-refractivity contribution is -0.186. The van der Waals surface area contributed by atoms with E-state index in [0.717, 1.165) is 19.3 Å². The number of ether oxygens (including phenoxy) is 1. The average molecular weight is 238 g/mol. The van der Waals surface area contributed by atoms with Gasteiger partial charge in [0.15, 0.2) is 17.8 Å². The number of nitrogen functional groups attached to an aromatic ring is 1. The van der Waals surface area contributed by atoms with Gasteiger partial charge in [-0.15, -0.1) is 0 Å². The van der Waals surface area contributed by atoms with Crippen molar-refractivity contribution in [1.29, 1.82) is 0 Å². The summed E-state index contributed by atoms with van der Waals surface area (Å²) < 4.78 is 5.29. The molecule has 0 spiro atoms. The zero-order valence-electron chi connectivity index (χ0n) is 9.26. The number of nitrogens with two attached hydrogens (primary N) is 1. The molecule has 0 radical (unpaired) electrons. The minimum atomic E-state index is -0.523. The second-order valence-corrected chi connectivity index (χ2v) is 3.64. The molecule has 2 heterocycles. The van der Waals surface area contributed by atoms with Gasteiger partial charge in [0.2, 0.25) is 0 Å². The number of carbonyl (C=O) groups is 1. The van der Waals surface area contributed by atoms with Gasteiger partial charge in [0, 0.05) is 25.4 Å². The van der Waals surface area contributed by atoms with Gasteiger partial charge in [-0.2, -0.15) is 0 Å². The number of amides is 1. The van der Waals surface area contributed by atoms with Crippen LogP contribution in [0.5, 0.6) is 0 Å². The molecule has 0 aliphatic carbocycles. The summed E-state index contributed by atoms with van der Waals surface area (Å²) in [5, 5.41) is 0. The number of nitrogens with zero attached hydrogens (tertiary/aromatic N) is 2. The van der Waals surface area contributed by atoms with E-state index in [-0.39, 0.29) is 11.5 Å². The second kappa shape index (κ2) is 5.55. The Morgan fingerprint density at radius 3 is 3.00 bits per heavy atom. The molecule has 0 unspecified atom stereocenters. The van der Waals surface area contributed by atoms with Crippen LogP contribution in [0.2, 0.25) is 0 Å². The van der Waals surface area contributed by atoms with E-state index in [1.807, 2.05) is 0 Å². The molecule has 0 saturated carbocycles. The zero-order valence-corrected chi connectivity index (χ0v) is 9.26. The minimum Gasteiger partial charge on any atom is -0.382 e. The molecule has 2 rings (SSSR count). The normalized spacial score (nSPS) is 19.9. The Hall–Kier alpha value is -1.73. The first-order valence-electron chi connectivity index (χ1n) is 5.41. The molecule has 92 valence electrons. The van der Waals surface area contributed by atoms with Gasteiger partial charge < -0.3 is 10.5 Å². The number of hydroxylamine groups is 1. The number of nitrogens with one attached hydrogen (secondary N) is 1. The number of rotatable bonds is 3. The van der Waals surface area contributed by atoms with Gasteiger partial charge in [-0.25, -0.2) is 20.3 Å². The molecular weight excluding hydrogens is 224 g/mol. The quantitative estimate of drug-likeness (QED) is 0.732. The van der Waals surface area contributed by atoms with Crippen LogP contribution in [0.3, 0.4) is 0 Å². The predicted octanol–water partition coefficient (Wildman–Crippen LogP) is 0.247. The molecule has 0 bridgehead atoms. The zero-order chi connectivity index (χ0) is 12.1. The van der Waals surface area contributed by atoms with Crippen LogP contribution in [-0.2, 0) is 9.57 Å². The number of hydrogen-bond acceptors (Lipinski definition) is 6. The van der Waals surface area contributed by atoms with Crippen LogP contribution in [0.1, 0.15) is 29.8 Å². The van der Waals surface area contributed by atoms with E-state index < -0.39 is 12.2 Å². The summed E-state index contributed by atoms with van der Waals surface area (Å²) in [5.74, 6) is -0.456. The summed E-state index contributed by atoms with van der Waals surface area (Å²) in [6, 6.07) is 0. The summed E-state index contributed by atoms with van der Waals surface area (Å²) in [6.07, 6.45) is 5.21. The van der Waals surface area contributed by atoms with Gasteiger partial charge in [-0.1, -0.05) is 0 Å². The van der Waals surface area contributed by atoms with Crippen molar-refractivity contribution in [1.82, 2.24) is 15.4 Å². The molecule has 1 aliphatic heterocycles. The molecule has 1 aromatic rings. The van der Waals surface area contributed by atoms with Crippen molar-refractivity contribution in [2.45, 2.75) is 25.6 Å². The molecule has 3 N–H and O–H groups in total. The van der Waals surface area contributed by atoms with Crippen LogP contribution in [0.25, 0.3) is 0 Å². The first kappa shape index (κ1) is 11.7. The van der Waals surface area contributed by atoms with E-state index in [1.165, 1.54) is 12.4 Å². The van der Waals surface area contributed by atoms with Crippen LogP contribution in [0, 0.1) is 0 Å². The second-order valence-electron chi connectivity index (χ2n) is 3.64. The first-order chi connectivity index (χ1) is 8.27. The van der Waals surface area contributed by atoms with E-state index in [2.05, 4.69) is 15.4 Å². The smallest absolute Gasteiger partial charge is 0.297 e. The molecule has 1 aromatic heterocycles. The van der Waals surface area contributed by atoms with Crippen molar-refractivity contribution in [3.8, 4) is 0 Å². The van der Waals surface area contributed by atoms with E-state index in [9.17, 15) is 4.79 Å². The largest absolute Gasteiger partial charge is 0.382 e. The van der Waals surface area contributed by atoms with Gasteiger partial charge in [0.25, 0.3) is 5.91 Å². The highest BCUT2D eigenvalue weighted by Crippen LogP contribution is 2.12. The Kier molecular flexibility index (Phi) is 3.84. The maximum atomic E-state index is 11.6. The minimum absolute atomic E-state index is 0.0447. The summed E-state index contributed by atoms with van der Waals surface area (Å²) in [7, 11) is 0. The molecule has 0 aromatic carbocycles. The Balaban J connectivity index is 1.87. The summed E-state index contributed by atoms with van der Waals surface area (Å²) in [4.78, 5) is 24.3. The Morgan fingerprint density at radius 1 is 1.47 bits per heavy atom. The third-order valence-corrected chi connectivity index (χ3v) is 2.36. The summed E-state index contributed by atoms with van der Waals surface area (Å²) >= 11 is 0. The molecule has 1 saturated heterocycles. The standard InChI is InChI=1S/C10H14N4O3/c11-9-8(12-4-5-13-9)10(15)14-17-7-3-1-2-6-16-7/h4-5,7H,1-3,6H2,(H2,11,13)(H,14,15)/t7-/m0/s1. The lowest BCUT2D eigenvalue weighted by Crippen LogP contribution is -2.33. The van der Waals surface area contributed by atoms with Crippen LogP contribution in [0.15, 0.2) is 12.4 Å². The monoisotopic (exact) mass is 238 g/mol. The Labute approximate surface area is 98.3 Å². The van der Waals surface area contributed by atoms with Crippen molar-refractivity contribution < 1.29 is 14.4 Å². The number of hydrogen-bond donors (Lipinski definition) is 2. The molecule has 7 nitrogen and oxygen atoms in total. The van der Waals surface area contributed by atoms with Crippen LogP contribution in [-0.4, -0.2) is 28.8 Å². The number of carbonyl (C=O) groups excluding carboxylic acids is 1. The van der Waals surface area contributed by atoms with Crippen LogP contribution < -0.4 is 11.2 Å². The van der Waals surface area contributed by atoms with Gasteiger partial charge in [0.1, 0.15) is 0 Å². The predicted molar refractivity (Wildman–Crippen MR) is 58.6 cm³/mol. The van der Waals surface area contributed by atoms with E-state index in [0.29, 0.717) is 6.61 Å². The number of aromatic nitrogens is 2. The Bertz CT molecular complexity index is 393. The fourth-order valence-electron chi connectivity index (χ4n) is 1.50. The highest BCUT2D eigenvalue weighted by Gasteiger charge is 2.18. The third-order valence-electron chi connectivity index (χ3n) is 2.36. The molecule has 1 amide bonds. The molecule has 1 aliphatic rings. The number of anilines is 1. The van der Waals surface area contributed by atoms with E-state index in [4.69, 9.17) is 15.3 Å². The summed E-state index contributed by atoms with van der Waals surface area (Å²) in [6.45, 7) is 0.647. The van der Waals surface area contributed by atoms with E-state index in [1.54, 1.807) is 0 Å². The Morgan fingerprint density at radius 2 is 2.29 bits per heavy atom. The van der Waals surface area contributed by atoms with Crippen molar-refractivity contribution in [2.75, 3.05) is 12.3 Å². The lowest BCUT2D eigenvalue weighted by Gasteiger charge is -2.21. The van der Waals surface area contributed by atoms with Gasteiger partial charge in [0.05, 0.1) is 0 Å². The average Bonchev–Trinajstić information content (AvgIpc) is 2.38. The van der Waals surface area contributed by atoms with Crippen LogP contribution in [0.4, 0.5) is 5.82 Å². The first-order valence-corrected chi connectivity index (χ1v) is 5.41. The maximum absolute atomic E-state index is 11.6. The highest BCUT2D eigenvalue weighted by atomic mass is 16.8. The molecule has 1 atom stereocenters. The van der Waals surface area contributed by atoms with Crippen LogP contribution >= 0.6 is 0 Å². The fourth-order valence-corrected chi connectivity index (χ4v) is 1.50. The molecule has 17 heavy (non-hydrogen) atoms. The van der Waals surface area contributed by atoms with Gasteiger partial charge >= 0.3 is 0 Å². The van der Waals surface area contributed by atoms with Crippen molar-refractivity contribution >= 4 is 11.7 Å².